The zero-order chi connectivity index (χ0) is 16.2. The molecule has 1 aliphatic carbocycles. The summed E-state index contributed by atoms with van der Waals surface area (Å²) in [6.07, 6.45) is 4.09. The minimum atomic E-state index is 0.0438. The minimum Gasteiger partial charge on any atom is -0.353 e. The number of halogens is 1. The van der Waals surface area contributed by atoms with Gasteiger partial charge in [-0.2, -0.15) is 0 Å². The van der Waals surface area contributed by atoms with Crippen molar-refractivity contribution in [2.24, 2.45) is 0 Å². The molecule has 1 atom stereocenters. The van der Waals surface area contributed by atoms with E-state index < -0.39 is 0 Å². The summed E-state index contributed by atoms with van der Waals surface area (Å²) in [6, 6.07) is 6.42. The van der Waals surface area contributed by atoms with Gasteiger partial charge in [0.15, 0.2) is 0 Å². The molecule has 0 amide bonds. The number of nitrogens with one attached hydrogen (secondary N) is 1. The first kappa shape index (κ1) is 15.0. The molecule has 120 valence electrons. The van der Waals surface area contributed by atoms with E-state index in [1.165, 1.54) is 11.1 Å². The molecule has 1 N–H and O–H groups in total. The Bertz CT molecular complexity index is 843. The van der Waals surface area contributed by atoms with Gasteiger partial charge in [0.1, 0.15) is 0 Å². The molecule has 0 spiro atoms. The number of benzene rings is 1. The summed E-state index contributed by atoms with van der Waals surface area (Å²) in [5, 5.41) is 9.96. The van der Waals surface area contributed by atoms with Crippen LogP contribution < -0.4 is 5.32 Å². The van der Waals surface area contributed by atoms with Crippen LogP contribution in [-0.4, -0.2) is 14.6 Å². The van der Waals surface area contributed by atoms with Gasteiger partial charge in [0.25, 0.3) is 0 Å². The zero-order valence-corrected chi connectivity index (χ0v) is 15.0. The quantitative estimate of drug-likeness (QED) is 0.721. The van der Waals surface area contributed by atoms with E-state index in [1.54, 1.807) is 11.3 Å². The van der Waals surface area contributed by atoms with Crippen molar-refractivity contribution in [3.05, 3.63) is 46.2 Å². The van der Waals surface area contributed by atoms with E-state index in [0.717, 1.165) is 33.7 Å². The zero-order valence-electron chi connectivity index (χ0n) is 13.4. The van der Waals surface area contributed by atoms with Gasteiger partial charge >= 0.3 is 0 Å². The van der Waals surface area contributed by atoms with Crippen molar-refractivity contribution in [3.63, 3.8) is 0 Å². The molecular weight excluding hydrogens is 328 g/mol. The third-order valence-electron chi connectivity index (χ3n) is 4.32. The molecule has 23 heavy (non-hydrogen) atoms. The van der Waals surface area contributed by atoms with Crippen LogP contribution in [0.25, 0.3) is 4.96 Å². The van der Waals surface area contributed by atoms with Crippen LogP contribution in [0.2, 0.25) is 5.02 Å². The average molecular weight is 347 g/mol. The first-order valence-electron chi connectivity index (χ1n) is 7.82. The Morgan fingerprint density at radius 1 is 1.35 bits per heavy atom. The van der Waals surface area contributed by atoms with Crippen LogP contribution in [0, 0.1) is 0 Å². The number of hydrogen-bond donors (Lipinski definition) is 1. The Morgan fingerprint density at radius 3 is 2.91 bits per heavy atom. The molecule has 2 heterocycles. The third kappa shape index (κ3) is 2.62. The smallest absolute Gasteiger partial charge is 0.214 e. The highest BCUT2D eigenvalue weighted by atomic mass is 35.5. The summed E-state index contributed by atoms with van der Waals surface area (Å²) in [6.45, 7) is 6.49. The second kappa shape index (κ2) is 5.21. The van der Waals surface area contributed by atoms with Crippen molar-refractivity contribution in [2.75, 3.05) is 5.32 Å². The Labute approximate surface area is 144 Å². The monoisotopic (exact) mass is 346 g/mol. The molecule has 0 unspecified atom stereocenters. The van der Waals surface area contributed by atoms with Gasteiger partial charge in [-0.05, 0) is 30.0 Å². The number of rotatable bonds is 2. The van der Waals surface area contributed by atoms with E-state index in [4.69, 9.17) is 16.6 Å². The van der Waals surface area contributed by atoms with Crippen LogP contribution in [0.15, 0.2) is 24.4 Å². The summed E-state index contributed by atoms with van der Waals surface area (Å²) in [7, 11) is 0. The topological polar surface area (TPSA) is 42.2 Å². The predicted octanol–water partition coefficient (Wildman–Crippen LogP) is 4.84. The molecule has 1 aromatic carbocycles. The summed E-state index contributed by atoms with van der Waals surface area (Å²) >= 11 is 7.89. The maximum atomic E-state index is 6.29. The Kier molecular flexibility index (Phi) is 3.39. The summed E-state index contributed by atoms with van der Waals surface area (Å²) in [4.78, 5) is 5.63. The number of imidazole rings is 1. The molecule has 0 fully saturated rings. The fraction of sp³-hybridized carbons (Fsp3) is 0.412. The number of nitrogens with zero attached hydrogens (tertiary/aromatic N) is 3. The van der Waals surface area contributed by atoms with Crippen molar-refractivity contribution in [2.45, 2.75) is 45.1 Å². The van der Waals surface area contributed by atoms with E-state index in [0.29, 0.717) is 0 Å². The van der Waals surface area contributed by atoms with Gasteiger partial charge in [0, 0.05) is 10.4 Å². The Morgan fingerprint density at radius 2 is 2.17 bits per heavy atom. The molecule has 0 radical (unpaired) electrons. The van der Waals surface area contributed by atoms with Crippen molar-refractivity contribution < 1.29 is 0 Å². The molecule has 0 bridgehead atoms. The van der Waals surface area contributed by atoms with Crippen molar-refractivity contribution in [1.82, 2.24) is 14.6 Å². The van der Waals surface area contributed by atoms with Gasteiger partial charge in [-0.25, -0.2) is 9.50 Å². The van der Waals surface area contributed by atoms with Crippen LogP contribution in [0.3, 0.4) is 0 Å². The third-order valence-corrected chi connectivity index (χ3v) is 5.53. The summed E-state index contributed by atoms with van der Waals surface area (Å²) in [5.74, 6) is 0. The van der Waals surface area contributed by atoms with Gasteiger partial charge in [0.2, 0.25) is 10.1 Å². The number of anilines is 1. The molecule has 6 heteroatoms. The lowest BCUT2D eigenvalue weighted by Gasteiger charge is -2.14. The molecule has 3 aromatic rings. The van der Waals surface area contributed by atoms with Crippen LogP contribution in [0.4, 0.5) is 5.13 Å². The van der Waals surface area contributed by atoms with Gasteiger partial charge < -0.3 is 5.32 Å². The molecule has 4 rings (SSSR count). The van der Waals surface area contributed by atoms with Crippen molar-refractivity contribution in [3.8, 4) is 0 Å². The molecule has 1 aliphatic rings. The number of aromatic nitrogens is 3. The van der Waals surface area contributed by atoms with E-state index in [2.05, 4.69) is 37.3 Å². The average Bonchev–Trinajstić information content (AvgIpc) is 3.12. The highest BCUT2D eigenvalue weighted by Gasteiger charge is 2.25. The van der Waals surface area contributed by atoms with Crippen LogP contribution in [0.1, 0.15) is 50.1 Å². The molecule has 2 aromatic heterocycles. The van der Waals surface area contributed by atoms with Crippen molar-refractivity contribution >= 4 is 33.0 Å². The Hall–Kier alpha value is -1.59. The fourth-order valence-electron chi connectivity index (χ4n) is 3.03. The maximum Gasteiger partial charge on any atom is 0.214 e. The van der Waals surface area contributed by atoms with E-state index in [1.807, 2.05) is 22.8 Å². The van der Waals surface area contributed by atoms with Gasteiger partial charge in [-0.1, -0.05) is 55.8 Å². The molecule has 4 nitrogen and oxygen atoms in total. The predicted molar refractivity (Wildman–Crippen MR) is 95.7 cm³/mol. The highest BCUT2D eigenvalue weighted by molar-refractivity contribution is 7.20. The van der Waals surface area contributed by atoms with Crippen LogP contribution in [0.5, 0.6) is 0 Å². The molecule has 0 aliphatic heterocycles. The maximum absolute atomic E-state index is 6.29. The van der Waals surface area contributed by atoms with Crippen molar-refractivity contribution in [1.29, 1.82) is 0 Å². The first-order chi connectivity index (χ1) is 10.9. The fourth-order valence-corrected chi connectivity index (χ4v) is 4.14. The lowest BCUT2D eigenvalue weighted by atomic mass is 9.93. The van der Waals surface area contributed by atoms with Gasteiger partial charge in [-0.3, -0.25) is 0 Å². The first-order valence-corrected chi connectivity index (χ1v) is 9.02. The van der Waals surface area contributed by atoms with E-state index in [9.17, 15) is 0 Å². The molecular formula is C17H19ClN4S. The standard InChI is InChI=1S/C17H19ClN4S/c1-17(2,3)14-9-22-16(20-14)23-15(21-22)19-13-8-7-10-11(13)5-4-6-12(10)18/h4-6,9,13H,7-8H2,1-3H3,(H,19,21)/t13-/m0/s1. The molecule has 0 saturated carbocycles. The lowest BCUT2D eigenvalue weighted by molar-refractivity contribution is 0.572. The largest absolute Gasteiger partial charge is 0.353 e. The van der Waals surface area contributed by atoms with Crippen LogP contribution >= 0.6 is 22.9 Å². The SMILES string of the molecule is CC(C)(C)c1cn2nc(N[C@H]3CCc4c(Cl)cccc43)sc2n1. The summed E-state index contributed by atoms with van der Waals surface area (Å²) in [5.41, 5.74) is 3.67. The Balaban J connectivity index is 1.60. The second-order valence-electron chi connectivity index (χ2n) is 7.05. The van der Waals surface area contributed by atoms with Crippen LogP contribution in [-0.2, 0) is 11.8 Å². The highest BCUT2D eigenvalue weighted by Crippen LogP contribution is 2.38. The lowest BCUT2D eigenvalue weighted by Crippen LogP contribution is -2.11. The van der Waals surface area contributed by atoms with Gasteiger partial charge in [-0.15, -0.1) is 5.10 Å². The number of fused-ring (bicyclic) bond motifs is 2. The van der Waals surface area contributed by atoms with E-state index in [-0.39, 0.29) is 11.5 Å². The normalized spacial score (nSPS) is 17.7. The van der Waals surface area contributed by atoms with E-state index >= 15 is 0 Å². The number of hydrogen-bond acceptors (Lipinski definition) is 4. The molecule has 0 saturated heterocycles. The second-order valence-corrected chi connectivity index (χ2v) is 8.42. The van der Waals surface area contributed by atoms with Gasteiger partial charge in [0.05, 0.1) is 17.9 Å². The summed E-state index contributed by atoms with van der Waals surface area (Å²) < 4.78 is 1.88. The minimum absolute atomic E-state index is 0.0438.